The largest absolute Gasteiger partial charge is 0.392 e. The van der Waals surface area contributed by atoms with Gasteiger partial charge in [-0.2, -0.15) is 0 Å². The average molecular weight is 297 g/mol. The lowest BCUT2D eigenvalue weighted by atomic mass is 9.70. The van der Waals surface area contributed by atoms with Gasteiger partial charge in [-0.05, 0) is 54.9 Å². The van der Waals surface area contributed by atoms with E-state index >= 15 is 0 Å². The van der Waals surface area contributed by atoms with Gasteiger partial charge in [0, 0.05) is 13.2 Å². The molecular weight excluding hydrogens is 262 g/mol. The Kier molecular flexibility index (Phi) is 5.38. The van der Waals surface area contributed by atoms with Crippen LogP contribution in [0.25, 0.3) is 0 Å². The minimum absolute atomic E-state index is 0.289. The number of rotatable bonds is 8. The first kappa shape index (κ1) is 17.2. The molecule has 0 spiro atoms. The van der Waals surface area contributed by atoms with Crippen LogP contribution in [0.5, 0.6) is 0 Å². The highest BCUT2D eigenvalue weighted by Gasteiger charge is 2.61. The molecule has 3 nitrogen and oxygen atoms in total. The van der Waals surface area contributed by atoms with Gasteiger partial charge in [0.1, 0.15) is 0 Å². The molecule has 0 heterocycles. The quantitative estimate of drug-likeness (QED) is 0.723. The van der Waals surface area contributed by atoms with Crippen molar-refractivity contribution in [3.63, 3.8) is 0 Å². The smallest absolute Gasteiger partial charge is 0.0686 e. The summed E-state index contributed by atoms with van der Waals surface area (Å²) < 4.78 is 6.19. The molecule has 2 fully saturated rings. The van der Waals surface area contributed by atoms with E-state index in [0.29, 0.717) is 36.0 Å². The lowest BCUT2D eigenvalue weighted by Gasteiger charge is -2.39. The van der Waals surface area contributed by atoms with Crippen molar-refractivity contribution >= 4 is 0 Å². The molecule has 2 N–H and O–H groups in total. The summed E-state index contributed by atoms with van der Waals surface area (Å²) in [7, 11) is 0. The Balaban J connectivity index is 1.68. The Bertz CT molecular complexity index is 342. The third kappa shape index (κ3) is 3.46. The van der Waals surface area contributed by atoms with Crippen molar-refractivity contribution in [2.24, 2.45) is 22.7 Å². The molecule has 2 bridgehead atoms. The Morgan fingerprint density at radius 2 is 1.95 bits per heavy atom. The van der Waals surface area contributed by atoms with Gasteiger partial charge in [0.05, 0.1) is 12.2 Å². The molecule has 0 saturated heterocycles. The maximum atomic E-state index is 9.99. The molecular formula is C18H35NO2. The first-order valence-corrected chi connectivity index (χ1v) is 8.77. The molecule has 4 atom stereocenters. The van der Waals surface area contributed by atoms with Crippen molar-refractivity contribution in [3.8, 4) is 0 Å². The van der Waals surface area contributed by atoms with Crippen molar-refractivity contribution in [3.05, 3.63) is 0 Å². The van der Waals surface area contributed by atoms with Gasteiger partial charge < -0.3 is 15.2 Å². The average Bonchev–Trinajstić information content (AvgIpc) is 2.71. The Morgan fingerprint density at radius 1 is 1.24 bits per heavy atom. The summed E-state index contributed by atoms with van der Waals surface area (Å²) in [5.41, 5.74) is 0.744. The van der Waals surface area contributed by atoms with Crippen LogP contribution < -0.4 is 5.32 Å². The first-order chi connectivity index (χ1) is 9.77. The summed E-state index contributed by atoms with van der Waals surface area (Å²) in [6, 6.07) is 0. The predicted octanol–water partition coefficient (Wildman–Crippen LogP) is 3.21. The normalized spacial score (nSPS) is 35.6. The summed E-state index contributed by atoms with van der Waals surface area (Å²) >= 11 is 0. The van der Waals surface area contributed by atoms with Gasteiger partial charge in [0.2, 0.25) is 0 Å². The number of hydrogen-bond acceptors (Lipinski definition) is 3. The number of aliphatic hydroxyl groups excluding tert-OH is 1. The van der Waals surface area contributed by atoms with Crippen LogP contribution in [0.3, 0.4) is 0 Å². The van der Waals surface area contributed by atoms with Gasteiger partial charge in [0.15, 0.2) is 0 Å². The molecule has 0 radical (unpaired) electrons. The van der Waals surface area contributed by atoms with Crippen LogP contribution in [0.15, 0.2) is 0 Å². The van der Waals surface area contributed by atoms with E-state index in [9.17, 15) is 5.11 Å². The van der Waals surface area contributed by atoms with Crippen LogP contribution in [0.4, 0.5) is 0 Å². The highest BCUT2D eigenvalue weighted by Crippen LogP contribution is 2.66. The standard InChI is InChI=1S/C18H35NO2/c1-13(2)11-19-12-15(20)7-9-21-16-10-14-6-8-18(16,5)17(14,3)4/h13-16,19-20H,6-12H2,1-5H3/t14-,15+,16+,18-/m1/s1. The summed E-state index contributed by atoms with van der Waals surface area (Å²) in [5, 5.41) is 13.3. The second kappa shape index (κ2) is 6.55. The van der Waals surface area contributed by atoms with Crippen LogP contribution in [0, 0.1) is 22.7 Å². The number of nitrogens with one attached hydrogen (secondary N) is 1. The minimum Gasteiger partial charge on any atom is -0.392 e. The topological polar surface area (TPSA) is 41.5 Å². The maximum absolute atomic E-state index is 9.99. The number of fused-ring (bicyclic) bond motifs is 2. The van der Waals surface area contributed by atoms with Crippen LogP contribution in [-0.2, 0) is 4.74 Å². The van der Waals surface area contributed by atoms with Gasteiger partial charge >= 0.3 is 0 Å². The fraction of sp³-hybridized carbons (Fsp3) is 1.00. The molecule has 21 heavy (non-hydrogen) atoms. The highest BCUT2D eigenvalue weighted by atomic mass is 16.5. The number of hydrogen-bond donors (Lipinski definition) is 2. The Hall–Kier alpha value is -0.120. The third-order valence-corrected chi connectivity index (χ3v) is 6.42. The van der Waals surface area contributed by atoms with E-state index in [4.69, 9.17) is 4.74 Å². The highest BCUT2D eigenvalue weighted by molar-refractivity contribution is 5.11. The molecule has 2 aliphatic carbocycles. The third-order valence-electron chi connectivity index (χ3n) is 6.42. The number of aliphatic hydroxyl groups is 1. The van der Waals surface area contributed by atoms with Gasteiger partial charge in [-0.1, -0.05) is 34.6 Å². The lowest BCUT2D eigenvalue weighted by molar-refractivity contribution is -0.0546. The van der Waals surface area contributed by atoms with Gasteiger partial charge in [-0.3, -0.25) is 0 Å². The molecule has 0 aromatic heterocycles. The van der Waals surface area contributed by atoms with E-state index in [1.807, 2.05) is 0 Å². The molecule has 0 aromatic carbocycles. The molecule has 0 unspecified atom stereocenters. The number of ether oxygens (including phenoxy) is 1. The molecule has 0 aliphatic heterocycles. The van der Waals surface area contributed by atoms with Crippen molar-refractivity contribution < 1.29 is 9.84 Å². The van der Waals surface area contributed by atoms with Crippen LogP contribution in [-0.4, -0.2) is 37.0 Å². The molecule has 3 heteroatoms. The van der Waals surface area contributed by atoms with E-state index in [1.54, 1.807) is 0 Å². The molecule has 0 amide bonds. The van der Waals surface area contributed by atoms with Gasteiger partial charge in [-0.25, -0.2) is 0 Å². The van der Waals surface area contributed by atoms with Crippen LogP contribution in [0.2, 0.25) is 0 Å². The molecule has 124 valence electrons. The maximum Gasteiger partial charge on any atom is 0.0686 e. The fourth-order valence-electron chi connectivity index (χ4n) is 4.37. The summed E-state index contributed by atoms with van der Waals surface area (Å²) in [6.07, 6.45) is 4.72. The zero-order valence-electron chi connectivity index (χ0n) is 14.6. The SMILES string of the molecule is CC(C)CNC[C@@H](O)CCO[C@H]1C[C@H]2CC[C@@]1(C)C2(C)C. The van der Waals surface area contributed by atoms with Crippen molar-refractivity contribution in [1.29, 1.82) is 0 Å². The van der Waals surface area contributed by atoms with Gasteiger partial charge in [-0.15, -0.1) is 0 Å². The van der Waals surface area contributed by atoms with Crippen LogP contribution >= 0.6 is 0 Å². The monoisotopic (exact) mass is 297 g/mol. The second-order valence-corrected chi connectivity index (χ2v) is 8.46. The summed E-state index contributed by atoms with van der Waals surface area (Å²) in [4.78, 5) is 0. The molecule has 2 rings (SSSR count). The fourth-order valence-corrected chi connectivity index (χ4v) is 4.37. The van der Waals surface area contributed by atoms with Crippen molar-refractivity contribution in [2.75, 3.05) is 19.7 Å². The molecule has 2 aliphatic rings. The Morgan fingerprint density at radius 3 is 2.48 bits per heavy atom. The first-order valence-electron chi connectivity index (χ1n) is 8.77. The van der Waals surface area contributed by atoms with Crippen LogP contribution in [0.1, 0.15) is 60.3 Å². The lowest BCUT2D eigenvalue weighted by Crippen LogP contribution is -2.38. The summed E-state index contributed by atoms with van der Waals surface area (Å²) in [5.74, 6) is 1.45. The predicted molar refractivity (Wildman–Crippen MR) is 87.3 cm³/mol. The van der Waals surface area contributed by atoms with Gasteiger partial charge in [0.25, 0.3) is 0 Å². The minimum atomic E-state index is -0.289. The van der Waals surface area contributed by atoms with E-state index in [-0.39, 0.29) is 6.10 Å². The van der Waals surface area contributed by atoms with Crippen molar-refractivity contribution in [2.45, 2.75) is 72.5 Å². The van der Waals surface area contributed by atoms with E-state index in [0.717, 1.165) is 18.9 Å². The molecule has 0 aromatic rings. The zero-order valence-corrected chi connectivity index (χ0v) is 14.6. The van der Waals surface area contributed by atoms with E-state index in [1.165, 1.54) is 19.3 Å². The van der Waals surface area contributed by atoms with Crippen molar-refractivity contribution in [1.82, 2.24) is 5.32 Å². The Labute approximate surface area is 130 Å². The molecule has 2 saturated carbocycles. The second-order valence-electron chi connectivity index (χ2n) is 8.46. The van der Waals surface area contributed by atoms with E-state index < -0.39 is 0 Å². The summed E-state index contributed by atoms with van der Waals surface area (Å²) in [6.45, 7) is 13.9. The van der Waals surface area contributed by atoms with E-state index in [2.05, 4.69) is 39.9 Å². The zero-order chi connectivity index (χ0) is 15.7.